The number of aromatic carboxylic acids is 1. The van der Waals surface area contributed by atoms with Gasteiger partial charge in [0.2, 0.25) is 0 Å². The second-order valence-electron chi connectivity index (χ2n) is 5.80. The van der Waals surface area contributed by atoms with Gasteiger partial charge in [-0.1, -0.05) is 31.2 Å². The molecule has 0 saturated heterocycles. The molecule has 24 heavy (non-hydrogen) atoms. The van der Waals surface area contributed by atoms with Crippen LogP contribution in [0.25, 0.3) is 10.8 Å². The normalized spacial score (nSPS) is 11.5. The zero-order valence-electron chi connectivity index (χ0n) is 13.4. The zero-order valence-corrected chi connectivity index (χ0v) is 13.4. The molecule has 0 radical (unpaired) electrons. The van der Waals surface area contributed by atoms with Crippen molar-refractivity contribution in [1.29, 1.82) is 0 Å². The second-order valence-corrected chi connectivity index (χ2v) is 5.80. The summed E-state index contributed by atoms with van der Waals surface area (Å²) in [5.74, 6) is -2.02. The molecule has 0 aliphatic heterocycles. The highest BCUT2D eigenvalue weighted by molar-refractivity contribution is 6.06. The number of hydrogen-bond donors (Lipinski definition) is 3. The minimum absolute atomic E-state index is 0.0536. The molecule has 0 saturated carbocycles. The Bertz CT molecular complexity index is 740. The van der Waals surface area contributed by atoms with E-state index in [0.29, 0.717) is 11.8 Å². The predicted molar refractivity (Wildman–Crippen MR) is 88.1 cm³/mol. The van der Waals surface area contributed by atoms with Gasteiger partial charge in [-0.3, -0.25) is 0 Å². The quantitative estimate of drug-likeness (QED) is 0.671. The number of carboxylic acid groups (broad SMARTS) is 1. The largest absolute Gasteiger partial charge is 0.478 e. The molecule has 0 fully saturated rings. The number of hydrogen-bond acceptors (Lipinski definition) is 5. The Morgan fingerprint density at radius 3 is 2.04 bits per heavy atom. The molecule has 128 valence electrons. The van der Waals surface area contributed by atoms with Crippen molar-refractivity contribution in [3.05, 3.63) is 47.5 Å². The van der Waals surface area contributed by atoms with Crippen molar-refractivity contribution in [1.82, 2.24) is 0 Å². The molecule has 2 aromatic carbocycles. The van der Waals surface area contributed by atoms with Crippen LogP contribution in [-0.2, 0) is 4.74 Å². The van der Waals surface area contributed by atoms with Gasteiger partial charge < -0.3 is 20.1 Å². The van der Waals surface area contributed by atoms with Crippen molar-refractivity contribution in [3.8, 4) is 0 Å². The molecular formula is C18H20O6. The van der Waals surface area contributed by atoms with Gasteiger partial charge in [-0.25, -0.2) is 9.59 Å². The minimum atomic E-state index is -1.22. The van der Waals surface area contributed by atoms with Crippen LogP contribution in [0.2, 0.25) is 0 Å². The number of fused-ring (bicyclic) bond motifs is 1. The van der Waals surface area contributed by atoms with E-state index in [0.717, 1.165) is 5.39 Å². The van der Waals surface area contributed by atoms with E-state index in [-0.39, 0.29) is 30.9 Å². The summed E-state index contributed by atoms with van der Waals surface area (Å²) in [5, 5.41) is 29.6. The first-order valence-electron chi connectivity index (χ1n) is 7.61. The van der Waals surface area contributed by atoms with Crippen LogP contribution in [0.4, 0.5) is 0 Å². The lowest BCUT2D eigenvalue weighted by Gasteiger charge is -2.27. The summed E-state index contributed by atoms with van der Waals surface area (Å²) in [4.78, 5) is 23.8. The minimum Gasteiger partial charge on any atom is -0.478 e. The second kappa shape index (κ2) is 7.42. The van der Waals surface area contributed by atoms with Crippen LogP contribution in [0.3, 0.4) is 0 Å². The third kappa shape index (κ3) is 3.55. The van der Waals surface area contributed by atoms with Crippen molar-refractivity contribution in [2.24, 2.45) is 5.41 Å². The Balaban J connectivity index is 2.34. The summed E-state index contributed by atoms with van der Waals surface area (Å²) >= 11 is 0. The van der Waals surface area contributed by atoms with Crippen LogP contribution in [0.15, 0.2) is 36.4 Å². The average molecular weight is 332 g/mol. The molecule has 0 bridgehead atoms. The number of esters is 1. The molecule has 0 unspecified atom stereocenters. The Hall–Kier alpha value is -2.44. The van der Waals surface area contributed by atoms with E-state index in [1.807, 2.05) is 0 Å². The van der Waals surface area contributed by atoms with Gasteiger partial charge >= 0.3 is 11.9 Å². The zero-order chi connectivity index (χ0) is 17.7. The van der Waals surface area contributed by atoms with Gasteiger partial charge in [-0.15, -0.1) is 0 Å². The van der Waals surface area contributed by atoms with E-state index in [9.17, 15) is 24.9 Å². The van der Waals surface area contributed by atoms with Crippen molar-refractivity contribution in [2.75, 3.05) is 19.8 Å². The van der Waals surface area contributed by atoms with E-state index in [1.54, 1.807) is 31.2 Å². The summed E-state index contributed by atoms with van der Waals surface area (Å²) in [7, 11) is 0. The summed E-state index contributed by atoms with van der Waals surface area (Å²) in [6, 6.07) is 10.0. The maximum Gasteiger partial charge on any atom is 0.339 e. The van der Waals surface area contributed by atoms with Gasteiger partial charge in [0.05, 0.1) is 29.8 Å². The maximum absolute atomic E-state index is 12.4. The van der Waals surface area contributed by atoms with Crippen molar-refractivity contribution in [2.45, 2.75) is 13.3 Å². The molecule has 2 rings (SSSR count). The summed E-state index contributed by atoms with van der Waals surface area (Å²) in [5.41, 5.74) is -1.13. The molecule has 3 N–H and O–H groups in total. The third-order valence-electron chi connectivity index (χ3n) is 4.27. The number of carboxylic acids is 1. The van der Waals surface area contributed by atoms with Crippen molar-refractivity contribution >= 4 is 22.7 Å². The Morgan fingerprint density at radius 2 is 1.58 bits per heavy atom. The van der Waals surface area contributed by atoms with E-state index in [4.69, 9.17) is 4.74 Å². The molecular weight excluding hydrogens is 312 g/mol. The van der Waals surface area contributed by atoms with Gasteiger partial charge in [0.15, 0.2) is 0 Å². The van der Waals surface area contributed by atoms with Crippen LogP contribution >= 0.6 is 0 Å². The molecule has 2 aromatic rings. The monoisotopic (exact) mass is 332 g/mol. The molecule has 0 spiro atoms. The lowest BCUT2D eigenvalue weighted by molar-refractivity contribution is -0.0178. The van der Waals surface area contributed by atoms with Crippen molar-refractivity contribution < 1.29 is 29.6 Å². The van der Waals surface area contributed by atoms with Crippen molar-refractivity contribution in [3.63, 3.8) is 0 Å². The van der Waals surface area contributed by atoms with Gasteiger partial charge in [-0.2, -0.15) is 0 Å². The van der Waals surface area contributed by atoms with Crippen LogP contribution in [0, 0.1) is 5.41 Å². The standard InChI is InChI=1S/C18H20O6/c1-2-18(9-19,10-20)11-24-17(23)15-8-13-6-4-3-5-12(13)7-14(15)16(21)22/h3-8,19-20H,2,9-11H2,1H3,(H,21,22). The number of rotatable bonds is 7. The number of carbonyl (C=O) groups excluding carboxylic acids is 1. The fourth-order valence-electron chi connectivity index (χ4n) is 2.35. The Kier molecular flexibility index (Phi) is 5.54. The summed E-state index contributed by atoms with van der Waals surface area (Å²) in [6.07, 6.45) is 0.413. The molecule has 6 heteroatoms. The highest BCUT2D eigenvalue weighted by Gasteiger charge is 2.29. The van der Waals surface area contributed by atoms with E-state index >= 15 is 0 Å². The fraction of sp³-hybridized carbons (Fsp3) is 0.333. The number of carbonyl (C=O) groups is 2. The predicted octanol–water partition coefficient (Wildman–Crippen LogP) is 2.08. The summed E-state index contributed by atoms with van der Waals surface area (Å²) < 4.78 is 5.18. The van der Waals surface area contributed by atoms with Crippen LogP contribution in [-0.4, -0.2) is 47.1 Å². The Morgan fingerprint density at radius 1 is 1.04 bits per heavy atom. The SMILES string of the molecule is CCC(CO)(CO)COC(=O)c1cc2ccccc2cc1C(=O)O. The summed E-state index contributed by atoms with van der Waals surface area (Å²) in [6.45, 7) is 0.897. The molecule has 0 aliphatic rings. The first kappa shape index (κ1) is 17.9. The fourth-order valence-corrected chi connectivity index (χ4v) is 2.35. The maximum atomic E-state index is 12.4. The highest BCUT2D eigenvalue weighted by atomic mass is 16.5. The van der Waals surface area contributed by atoms with Gasteiger partial charge in [0, 0.05) is 0 Å². The Labute approximate surface area is 139 Å². The van der Waals surface area contributed by atoms with Gasteiger partial charge in [0.1, 0.15) is 6.61 Å². The van der Waals surface area contributed by atoms with Crippen LogP contribution < -0.4 is 0 Å². The lowest BCUT2D eigenvalue weighted by atomic mass is 9.88. The van der Waals surface area contributed by atoms with Crippen LogP contribution in [0.1, 0.15) is 34.1 Å². The first-order chi connectivity index (χ1) is 11.5. The van der Waals surface area contributed by atoms with Gasteiger partial charge in [0.25, 0.3) is 0 Å². The molecule has 0 heterocycles. The molecule has 0 aromatic heterocycles. The van der Waals surface area contributed by atoms with E-state index in [1.165, 1.54) is 12.1 Å². The van der Waals surface area contributed by atoms with E-state index in [2.05, 4.69) is 0 Å². The third-order valence-corrected chi connectivity index (χ3v) is 4.27. The highest BCUT2D eigenvalue weighted by Crippen LogP contribution is 2.24. The van der Waals surface area contributed by atoms with Gasteiger partial charge in [-0.05, 0) is 29.3 Å². The smallest absolute Gasteiger partial charge is 0.339 e. The van der Waals surface area contributed by atoms with E-state index < -0.39 is 17.4 Å². The van der Waals surface area contributed by atoms with Crippen LogP contribution in [0.5, 0.6) is 0 Å². The topological polar surface area (TPSA) is 104 Å². The molecule has 6 nitrogen and oxygen atoms in total. The molecule has 0 aliphatic carbocycles. The lowest BCUT2D eigenvalue weighted by Crippen LogP contribution is -2.35. The number of aliphatic hydroxyl groups excluding tert-OH is 2. The molecule has 0 amide bonds. The molecule has 0 atom stereocenters. The number of aliphatic hydroxyl groups is 2. The average Bonchev–Trinajstić information content (AvgIpc) is 2.62. The number of benzene rings is 2. The number of ether oxygens (including phenoxy) is 1. The first-order valence-corrected chi connectivity index (χ1v) is 7.61.